The Morgan fingerprint density at radius 1 is 1.24 bits per heavy atom. The molecule has 0 bridgehead atoms. The predicted molar refractivity (Wildman–Crippen MR) is 98.0 cm³/mol. The van der Waals surface area contributed by atoms with Crippen LogP contribution in [0.3, 0.4) is 0 Å². The fourth-order valence-electron chi connectivity index (χ4n) is 4.29. The molecule has 1 amide bonds. The highest BCUT2D eigenvalue weighted by atomic mass is 19.4. The Balaban J connectivity index is 1.67. The number of nitrogens with zero attached hydrogens (tertiary/aromatic N) is 5. The monoisotopic (exact) mass is 411 g/mol. The van der Waals surface area contributed by atoms with Crippen LogP contribution in [0.25, 0.3) is 11.4 Å². The van der Waals surface area contributed by atoms with Gasteiger partial charge in [-0.15, -0.1) is 0 Å². The van der Waals surface area contributed by atoms with Gasteiger partial charge in [0.1, 0.15) is 0 Å². The summed E-state index contributed by atoms with van der Waals surface area (Å²) in [5, 5.41) is 14.8. The highest BCUT2D eigenvalue weighted by Gasteiger charge is 2.55. The van der Waals surface area contributed by atoms with E-state index in [1.54, 1.807) is 18.5 Å². The van der Waals surface area contributed by atoms with Gasteiger partial charge in [0.2, 0.25) is 11.5 Å². The average Bonchev–Trinajstić information content (AvgIpc) is 3.25. The lowest BCUT2D eigenvalue weighted by molar-refractivity contribution is -0.262. The fraction of sp³-hybridized carbons (Fsp3) is 0.632. The number of imidazole rings is 1. The van der Waals surface area contributed by atoms with E-state index in [-0.39, 0.29) is 17.9 Å². The van der Waals surface area contributed by atoms with E-state index < -0.39 is 17.6 Å². The van der Waals surface area contributed by atoms with Crippen LogP contribution in [0.15, 0.2) is 12.3 Å². The van der Waals surface area contributed by atoms with Crippen LogP contribution in [0, 0.1) is 0 Å². The van der Waals surface area contributed by atoms with Crippen molar-refractivity contribution in [3.8, 4) is 11.4 Å². The first-order valence-corrected chi connectivity index (χ1v) is 9.71. The summed E-state index contributed by atoms with van der Waals surface area (Å²) in [6.07, 6.45) is -1.85. The molecule has 2 aliphatic rings. The average molecular weight is 411 g/mol. The van der Waals surface area contributed by atoms with E-state index in [1.807, 2.05) is 11.0 Å². The Hall–Kier alpha value is -2.36. The van der Waals surface area contributed by atoms with Crippen molar-refractivity contribution < 1.29 is 23.1 Å². The summed E-state index contributed by atoms with van der Waals surface area (Å²) in [5.41, 5.74) is -0.939. The van der Waals surface area contributed by atoms with Gasteiger partial charge in [0, 0.05) is 25.9 Å². The van der Waals surface area contributed by atoms with E-state index in [1.165, 1.54) is 10.8 Å². The Kier molecular flexibility index (Phi) is 4.52. The molecule has 2 atom stereocenters. The van der Waals surface area contributed by atoms with Crippen molar-refractivity contribution in [1.82, 2.24) is 24.2 Å². The zero-order valence-corrected chi connectivity index (χ0v) is 16.6. The van der Waals surface area contributed by atoms with Gasteiger partial charge < -0.3 is 14.6 Å². The molecule has 10 heteroatoms. The molecular weight excluding hydrogens is 387 g/mol. The number of aliphatic hydroxyl groups is 1. The second-order valence-corrected chi connectivity index (χ2v) is 8.17. The van der Waals surface area contributed by atoms with Crippen molar-refractivity contribution in [2.24, 2.45) is 0 Å². The lowest BCUT2D eigenvalue weighted by Gasteiger charge is -2.31. The first kappa shape index (κ1) is 19.9. The van der Waals surface area contributed by atoms with Gasteiger partial charge in [-0.2, -0.15) is 18.3 Å². The molecule has 1 fully saturated rings. The molecule has 2 aromatic heterocycles. The summed E-state index contributed by atoms with van der Waals surface area (Å²) in [5.74, 6) is -0.140. The number of hydrogen-bond donors (Lipinski definition) is 1. The molecular formula is C19H24F3N5O2. The van der Waals surface area contributed by atoms with Crippen molar-refractivity contribution in [1.29, 1.82) is 0 Å². The van der Waals surface area contributed by atoms with Gasteiger partial charge in [0.25, 0.3) is 0 Å². The molecule has 2 aliphatic heterocycles. The molecule has 4 heterocycles. The van der Waals surface area contributed by atoms with Crippen molar-refractivity contribution in [2.75, 3.05) is 13.1 Å². The number of alkyl halides is 3. The minimum absolute atomic E-state index is 0.0644. The van der Waals surface area contributed by atoms with Crippen molar-refractivity contribution in [3.05, 3.63) is 23.8 Å². The minimum atomic E-state index is -4.83. The Morgan fingerprint density at radius 3 is 2.48 bits per heavy atom. The molecule has 4 rings (SSSR count). The molecule has 29 heavy (non-hydrogen) atoms. The number of fused-ring (bicyclic) bond motifs is 3. The van der Waals surface area contributed by atoms with E-state index in [0.717, 1.165) is 25.5 Å². The van der Waals surface area contributed by atoms with Gasteiger partial charge in [0.15, 0.2) is 5.82 Å². The molecule has 0 unspecified atom stereocenters. The van der Waals surface area contributed by atoms with Crippen LogP contribution < -0.4 is 0 Å². The van der Waals surface area contributed by atoms with Crippen LogP contribution in [0.2, 0.25) is 0 Å². The normalized spacial score (nSPS) is 22.2. The number of carbonyl (C=O) groups is 1. The number of aromatic nitrogens is 4. The second kappa shape index (κ2) is 6.58. The van der Waals surface area contributed by atoms with E-state index in [9.17, 15) is 23.1 Å². The van der Waals surface area contributed by atoms with Gasteiger partial charge >= 0.3 is 6.18 Å². The SMILES string of the molecule is CC(=O)N1CCC(c2cc3n(n2)C[C@H](C)n2c-3cnc2[C@@](C)(O)C(F)(F)F)CC1. The van der Waals surface area contributed by atoms with E-state index in [0.29, 0.717) is 31.0 Å². The standard InChI is InChI=1S/C19H24F3N5O2/c1-11-10-26-15(8-14(24-26)13-4-6-25(7-5-13)12(2)28)16-9-23-17(27(11)16)18(3,29)19(20,21)22/h8-9,11,13,29H,4-7,10H2,1-3H3/t11-,18+/m0/s1. The molecule has 0 saturated carbocycles. The molecule has 2 aromatic rings. The summed E-state index contributed by atoms with van der Waals surface area (Å²) < 4.78 is 43.4. The van der Waals surface area contributed by atoms with Crippen LogP contribution in [0.1, 0.15) is 57.1 Å². The second-order valence-electron chi connectivity index (χ2n) is 8.17. The maximum absolute atomic E-state index is 13.4. The molecule has 158 valence electrons. The third-order valence-corrected chi connectivity index (χ3v) is 6.08. The molecule has 1 N–H and O–H groups in total. The minimum Gasteiger partial charge on any atom is -0.374 e. The van der Waals surface area contributed by atoms with Gasteiger partial charge in [0.05, 0.1) is 35.9 Å². The fourth-order valence-corrected chi connectivity index (χ4v) is 4.29. The number of piperidine rings is 1. The third kappa shape index (κ3) is 3.13. The first-order chi connectivity index (χ1) is 13.5. The Bertz CT molecular complexity index is 938. The summed E-state index contributed by atoms with van der Waals surface area (Å²) in [7, 11) is 0. The number of likely N-dealkylation sites (tertiary alicyclic amines) is 1. The summed E-state index contributed by atoms with van der Waals surface area (Å²) in [6, 6.07) is 1.57. The van der Waals surface area contributed by atoms with E-state index in [4.69, 9.17) is 5.10 Å². The smallest absolute Gasteiger partial charge is 0.374 e. The van der Waals surface area contributed by atoms with Gasteiger partial charge in [-0.1, -0.05) is 0 Å². The zero-order chi connectivity index (χ0) is 21.1. The topological polar surface area (TPSA) is 76.2 Å². The number of halogens is 3. The molecule has 7 nitrogen and oxygen atoms in total. The van der Waals surface area contributed by atoms with Crippen molar-refractivity contribution in [2.45, 2.75) is 63.9 Å². The summed E-state index contributed by atoms with van der Waals surface area (Å²) in [6.45, 7) is 5.83. The first-order valence-electron chi connectivity index (χ1n) is 9.71. The zero-order valence-electron chi connectivity index (χ0n) is 16.6. The molecule has 0 aliphatic carbocycles. The van der Waals surface area contributed by atoms with Crippen LogP contribution in [-0.2, 0) is 16.9 Å². The number of hydrogen-bond acceptors (Lipinski definition) is 4. The van der Waals surface area contributed by atoms with Crippen LogP contribution in [0.5, 0.6) is 0 Å². The van der Waals surface area contributed by atoms with Crippen LogP contribution >= 0.6 is 0 Å². The molecule has 1 saturated heterocycles. The highest BCUT2D eigenvalue weighted by Crippen LogP contribution is 2.42. The number of carbonyl (C=O) groups excluding carboxylic acids is 1. The lowest BCUT2D eigenvalue weighted by atomic mass is 9.93. The summed E-state index contributed by atoms with van der Waals surface area (Å²) in [4.78, 5) is 17.3. The van der Waals surface area contributed by atoms with E-state index in [2.05, 4.69) is 4.98 Å². The Labute approximate surface area is 166 Å². The third-order valence-electron chi connectivity index (χ3n) is 6.08. The van der Waals surface area contributed by atoms with Crippen LogP contribution in [-0.4, -0.2) is 54.5 Å². The van der Waals surface area contributed by atoms with Gasteiger partial charge in [-0.25, -0.2) is 4.98 Å². The largest absolute Gasteiger partial charge is 0.424 e. The number of amides is 1. The lowest BCUT2D eigenvalue weighted by Crippen LogP contribution is -2.42. The summed E-state index contributed by atoms with van der Waals surface area (Å²) >= 11 is 0. The highest BCUT2D eigenvalue weighted by molar-refractivity contribution is 5.73. The van der Waals surface area contributed by atoms with Crippen molar-refractivity contribution >= 4 is 5.91 Å². The number of rotatable bonds is 2. The van der Waals surface area contributed by atoms with Gasteiger partial charge in [-0.3, -0.25) is 9.48 Å². The molecule has 0 radical (unpaired) electrons. The van der Waals surface area contributed by atoms with Crippen LogP contribution in [0.4, 0.5) is 13.2 Å². The maximum atomic E-state index is 13.4. The Morgan fingerprint density at radius 2 is 1.90 bits per heavy atom. The van der Waals surface area contributed by atoms with Gasteiger partial charge in [-0.05, 0) is 32.8 Å². The molecule has 0 spiro atoms. The van der Waals surface area contributed by atoms with E-state index >= 15 is 0 Å². The van der Waals surface area contributed by atoms with Crippen molar-refractivity contribution in [3.63, 3.8) is 0 Å². The quantitative estimate of drug-likeness (QED) is 0.825. The maximum Gasteiger partial charge on any atom is 0.424 e. The molecule has 0 aromatic carbocycles. The predicted octanol–water partition coefficient (Wildman–Crippen LogP) is 2.82.